The van der Waals surface area contributed by atoms with E-state index < -0.39 is 28.3 Å². The first-order valence-corrected chi connectivity index (χ1v) is 12.9. The number of nitrogens with zero attached hydrogens (tertiary/aromatic N) is 1. The number of amides is 1. The van der Waals surface area contributed by atoms with E-state index in [0.29, 0.717) is 0 Å². The Morgan fingerprint density at radius 3 is 2.38 bits per heavy atom. The largest absolute Gasteiger partial charge is 0.348 e. The third-order valence-electron chi connectivity index (χ3n) is 6.27. The minimum absolute atomic E-state index is 0.00288. The van der Waals surface area contributed by atoms with Gasteiger partial charge in [0.15, 0.2) is 0 Å². The van der Waals surface area contributed by atoms with E-state index in [-0.39, 0.29) is 16.6 Å². The molecule has 0 heterocycles. The molecule has 1 N–H and O–H groups in total. The van der Waals surface area contributed by atoms with Crippen molar-refractivity contribution in [3.63, 3.8) is 0 Å². The maximum Gasteiger partial charge on any atom is 0.264 e. The second-order valence-electron chi connectivity index (χ2n) is 8.80. The number of sulfonamides is 1. The standard InChI is InChI=1S/C27H29FN2O3S/c1-19-11-15-24(16-12-19)34(32,33)30(26-10-6-5-9-25(26)28)18-27(31)29-20(2)22-14-13-21-7-3-4-8-23(21)17-22/h5-6,9-17,20H,3-4,7-8,18H2,1-2H3,(H,29,31). The minimum Gasteiger partial charge on any atom is -0.348 e. The van der Waals surface area contributed by atoms with E-state index in [1.165, 1.54) is 47.9 Å². The van der Waals surface area contributed by atoms with Crippen LogP contribution in [-0.4, -0.2) is 20.9 Å². The summed E-state index contributed by atoms with van der Waals surface area (Å²) in [5.41, 5.74) is 4.35. The van der Waals surface area contributed by atoms with Gasteiger partial charge in [0.2, 0.25) is 5.91 Å². The van der Waals surface area contributed by atoms with Crippen LogP contribution in [0.4, 0.5) is 10.1 Å². The highest BCUT2D eigenvalue weighted by Crippen LogP contribution is 2.27. The summed E-state index contributed by atoms with van der Waals surface area (Å²) in [6.45, 7) is 3.18. The topological polar surface area (TPSA) is 66.5 Å². The molecule has 0 radical (unpaired) electrons. The van der Waals surface area contributed by atoms with Crippen LogP contribution in [0.1, 0.15) is 48.1 Å². The van der Waals surface area contributed by atoms with Crippen LogP contribution in [0.25, 0.3) is 0 Å². The van der Waals surface area contributed by atoms with E-state index in [1.807, 2.05) is 19.9 Å². The second-order valence-corrected chi connectivity index (χ2v) is 10.7. The molecule has 1 atom stereocenters. The zero-order valence-corrected chi connectivity index (χ0v) is 20.2. The smallest absolute Gasteiger partial charge is 0.264 e. The van der Waals surface area contributed by atoms with Gasteiger partial charge < -0.3 is 5.32 Å². The van der Waals surface area contributed by atoms with Crippen molar-refractivity contribution in [3.05, 3.63) is 94.8 Å². The van der Waals surface area contributed by atoms with E-state index in [0.717, 1.165) is 34.7 Å². The van der Waals surface area contributed by atoms with Gasteiger partial charge in [-0.05, 0) is 80.5 Å². The Bertz CT molecular complexity index is 1290. The molecule has 0 bridgehead atoms. The minimum atomic E-state index is -4.17. The number of nitrogens with one attached hydrogen (secondary N) is 1. The molecule has 3 aromatic carbocycles. The van der Waals surface area contributed by atoms with Crippen molar-refractivity contribution in [1.29, 1.82) is 0 Å². The Balaban J connectivity index is 1.58. The summed E-state index contributed by atoms with van der Waals surface area (Å²) in [5.74, 6) is -1.22. The lowest BCUT2D eigenvalue weighted by atomic mass is 9.89. The third kappa shape index (κ3) is 5.14. The molecule has 1 aliphatic carbocycles. The van der Waals surface area contributed by atoms with Crippen LogP contribution in [0.3, 0.4) is 0 Å². The molecule has 0 saturated carbocycles. The van der Waals surface area contributed by atoms with Crippen molar-refractivity contribution in [3.8, 4) is 0 Å². The lowest BCUT2D eigenvalue weighted by molar-refractivity contribution is -0.120. The van der Waals surface area contributed by atoms with Crippen molar-refractivity contribution in [2.75, 3.05) is 10.8 Å². The molecular weight excluding hydrogens is 451 g/mol. The molecule has 5 nitrogen and oxygen atoms in total. The Kier molecular flexibility index (Phi) is 7.03. The van der Waals surface area contributed by atoms with Crippen molar-refractivity contribution in [2.45, 2.75) is 50.5 Å². The summed E-state index contributed by atoms with van der Waals surface area (Å²) in [6.07, 6.45) is 4.45. The number of anilines is 1. The molecular formula is C27H29FN2O3S. The first-order valence-electron chi connectivity index (χ1n) is 11.5. The first kappa shape index (κ1) is 24.0. The fraction of sp³-hybridized carbons (Fsp3) is 0.296. The molecule has 0 spiro atoms. The lowest BCUT2D eigenvalue weighted by Crippen LogP contribution is -2.42. The number of carbonyl (C=O) groups excluding carboxylic acids is 1. The first-order chi connectivity index (χ1) is 16.3. The van der Waals surface area contributed by atoms with E-state index >= 15 is 0 Å². The number of rotatable bonds is 7. The summed E-state index contributed by atoms with van der Waals surface area (Å²) in [4.78, 5) is 13.0. The van der Waals surface area contributed by atoms with Crippen LogP contribution in [0.2, 0.25) is 0 Å². The number of hydrogen-bond donors (Lipinski definition) is 1. The Morgan fingerprint density at radius 1 is 1.00 bits per heavy atom. The summed E-state index contributed by atoms with van der Waals surface area (Å²) < 4.78 is 42.3. The van der Waals surface area contributed by atoms with Gasteiger partial charge >= 0.3 is 0 Å². The number of carbonyl (C=O) groups is 1. The third-order valence-corrected chi connectivity index (χ3v) is 8.04. The Labute approximate surface area is 200 Å². The normalized spacial score (nSPS) is 14.2. The summed E-state index contributed by atoms with van der Waals surface area (Å²) in [5, 5.41) is 2.89. The molecule has 1 unspecified atom stereocenters. The summed E-state index contributed by atoms with van der Waals surface area (Å²) >= 11 is 0. The highest BCUT2D eigenvalue weighted by Gasteiger charge is 2.29. The zero-order valence-electron chi connectivity index (χ0n) is 19.4. The fourth-order valence-electron chi connectivity index (χ4n) is 4.31. The number of aryl methyl sites for hydroxylation is 3. The van der Waals surface area contributed by atoms with Crippen LogP contribution in [-0.2, 0) is 27.7 Å². The van der Waals surface area contributed by atoms with Crippen molar-refractivity contribution in [1.82, 2.24) is 5.32 Å². The average molecular weight is 481 g/mol. The average Bonchev–Trinajstić information content (AvgIpc) is 2.83. The number of fused-ring (bicyclic) bond motifs is 1. The van der Waals surface area contributed by atoms with Gasteiger partial charge in [0.25, 0.3) is 10.0 Å². The highest BCUT2D eigenvalue weighted by molar-refractivity contribution is 7.92. The van der Waals surface area contributed by atoms with Crippen molar-refractivity contribution in [2.24, 2.45) is 0 Å². The van der Waals surface area contributed by atoms with Gasteiger partial charge in [0.05, 0.1) is 16.6 Å². The number of para-hydroxylation sites is 1. The Morgan fingerprint density at radius 2 is 1.68 bits per heavy atom. The van der Waals surface area contributed by atoms with Gasteiger partial charge in [-0.25, -0.2) is 12.8 Å². The number of halogens is 1. The molecule has 34 heavy (non-hydrogen) atoms. The van der Waals surface area contributed by atoms with Crippen molar-refractivity contribution >= 4 is 21.6 Å². The van der Waals surface area contributed by atoms with E-state index in [2.05, 4.69) is 17.4 Å². The molecule has 0 fully saturated rings. The van der Waals surface area contributed by atoms with Crippen LogP contribution in [0.15, 0.2) is 71.6 Å². The number of hydrogen-bond acceptors (Lipinski definition) is 3. The fourth-order valence-corrected chi connectivity index (χ4v) is 5.74. The molecule has 3 aromatic rings. The molecule has 178 valence electrons. The number of benzene rings is 3. The predicted molar refractivity (Wildman–Crippen MR) is 132 cm³/mol. The van der Waals surface area contributed by atoms with E-state index in [1.54, 1.807) is 18.2 Å². The van der Waals surface area contributed by atoms with E-state index in [9.17, 15) is 17.6 Å². The Hall–Kier alpha value is -3.19. The van der Waals surface area contributed by atoms with Crippen LogP contribution in [0.5, 0.6) is 0 Å². The lowest BCUT2D eigenvalue weighted by Gasteiger charge is -2.26. The summed E-state index contributed by atoms with van der Waals surface area (Å²) in [6, 6.07) is 17.8. The van der Waals surface area contributed by atoms with Gasteiger partial charge in [-0.3, -0.25) is 9.10 Å². The molecule has 1 aliphatic rings. The van der Waals surface area contributed by atoms with Gasteiger partial charge in [-0.2, -0.15) is 0 Å². The zero-order chi connectivity index (χ0) is 24.3. The second kappa shape index (κ2) is 9.97. The highest BCUT2D eigenvalue weighted by atomic mass is 32.2. The quantitative estimate of drug-likeness (QED) is 0.513. The maximum absolute atomic E-state index is 14.7. The van der Waals surface area contributed by atoms with Crippen LogP contribution in [0, 0.1) is 12.7 Å². The van der Waals surface area contributed by atoms with Crippen molar-refractivity contribution < 1.29 is 17.6 Å². The predicted octanol–water partition coefficient (Wildman–Crippen LogP) is 5.09. The van der Waals surface area contributed by atoms with Gasteiger partial charge in [-0.1, -0.05) is 48.0 Å². The molecule has 0 aliphatic heterocycles. The molecule has 0 saturated heterocycles. The van der Waals surface area contributed by atoms with E-state index in [4.69, 9.17) is 0 Å². The van der Waals surface area contributed by atoms with Crippen LogP contribution < -0.4 is 9.62 Å². The monoisotopic (exact) mass is 480 g/mol. The van der Waals surface area contributed by atoms with Gasteiger partial charge in [0.1, 0.15) is 12.4 Å². The van der Waals surface area contributed by atoms with Gasteiger partial charge in [-0.15, -0.1) is 0 Å². The molecule has 1 amide bonds. The van der Waals surface area contributed by atoms with Gasteiger partial charge in [0, 0.05) is 0 Å². The summed E-state index contributed by atoms with van der Waals surface area (Å²) in [7, 11) is -4.17. The SMILES string of the molecule is Cc1ccc(S(=O)(=O)N(CC(=O)NC(C)c2ccc3c(c2)CCCC3)c2ccccc2F)cc1. The maximum atomic E-state index is 14.7. The molecule has 0 aromatic heterocycles. The molecule has 4 rings (SSSR count). The molecule has 7 heteroatoms. The van der Waals surface area contributed by atoms with Crippen LogP contribution >= 0.6 is 0 Å².